The third-order valence-electron chi connectivity index (χ3n) is 2.35. The van der Waals surface area contributed by atoms with E-state index in [0.717, 1.165) is 25.9 Å². The fraction of sp³-hybridized carbons (Fsp3) is 0.909. The van der Waals surface area contributed by atoms with E-state index < -0.39 is 5.54 Å². The summed E-state index contributed by atoms with van der Waals surface area (Å²) in [6.07, 6.45) is 2.20. The monoisotopic (exact) mass is 200 g/mol. The van der Waals surface area contributed by atoms with Crippen molar-refractivity contribution in [3.05, 3.63) is 0 Å². The van der Waals surface area contributed by atoms with Crippen molar-refractivity contribution in [1.82, 2.24) is 10.2 Å². The van der Waals surface area contributed by atoms with E-state index >= 15 is 0 Å². The summed E-state index contributed by atoms with van der Waals surface area (Å²) in [5, 5.41) is 3.19. The number of hydrogen-bond acceptors (Lipinski definition) is 2. The van der Waals surface area contributed by atoms with Crippen LogP contribution in [-0.4, -0.2) is 36.5 Å². The van der Waals surface area contributed by atoms with Gasteiger partial charge in [0.2, 0.25) is 5.91 Å². The van der Waals surface area contributed by atoms with Gasteiger partial charge in [-0.05, 0) is 26.8 Å². The molecule has 0 saturated heterocycles. The Morgan fingerprint density at radius 1 is 1.36 bits per heavy atom. The number of nitrogens with one attached hydrogen (secondary N) is 1. The number of likely N-dealkylation sites (N-methyl/N-ethyl adjacent to an activating group) is 2. The lowest BCUT2D eigenvalue weighted by Gasteiger charge is -2.30. The lowest BCUT2D eigenvalue weighted by atomic mass is 10.0. The smallest absolute Gasteiger partial charge is 0.242 e. The summed E-state index contributed by atoms with van der Waals surface area (Å²) < 4.78 is 0. The molecule has 84 valence electrons. The van der Waals surface area contributed by atoms with Crippen molar-refractivity contribution >= 4 is 5.91 Å². The van der Waals surface area contributed by atoms with Crippen molar-refractivity contribution < 1.29 is 4.79 Å². The lowest BCUT2D eigenvalue weighted by Crippen LogP contribution is -2.53. The maximum atomic E-state index is 11.9. The average molecular weight is 200 g/mol. The largest absolute Gasteiger partial charge is 0.344 e. The molecule has 0 aliphatic heterocycles. The van der Waals surface area contributed by atoms with Crippen molar-refractivity contribution in [1.29, 1.82) is 0 Å². The van der Waals surface area contributed by atoms with Gasteiger partial charge in [0.1, 0.15) is 0 Å². The Bertz CT molecular complexity index is 178. The SMILES string of the molecule is CCCCN(C)C(=O)C(C)(C)NCC. The second-order valence-electron chi connectivity index (χ2n) is 4.24. The molecule has 1 amide bonds. The van der Waals surface area contributed by atoms with Gasteiger partial charge in [0.15, 0.2) is 0 Å². The second kappa shape index (κ2) is 6.02. The van der Waals surface area contributed by atoms with Gasteiger partial charge in [-0.3, -0.25) is 4.79 Å². The number of rotatable bonds is 6. The van der Waals surface area contributed by atoms with Gasteiger partial charge in [-0.2, -0.15) is 0 Å². The minimum Gasteiger partial charge on any atom is -0.344 e. The van der Waals surface area contributed by atoms with Crippen molar-refractivity contribution in [2.24, 2.45) is 0 Å². The van der Waals surface area contributed by atoms with Crippen LogP contribution in [0.4, 0.5) is 0 Å². The van der Waals surface area contributed by atoms with E-state index in [9.17, 15) is 4.79 Å². The minimum atomic E-state index is -0.433. The molecule has 0 heterocycles. The minimum absolute atomic E-state index is 0.174. The van der Waals surface area contributed by atoms with E-state index in [0.29, 0.717) is 0 Å². The highest BCUT2D eigenvalue weighted by atomic mass is 16.2. The predicted octanol–water partition coefficient (Wildman–Crippen LogP) is 1.63. The van der Waals surface area contributed by atoms with E-state index in [-0.39, 0.29) is 5.91 Å². The molecule has 0 bridgehead atoms. The Hall–Kier alpha value is -0.570. The first kappa shape index (κ1) is 13.4. The summed E-state index contributed by atoms with van der Waals surface area (Å²) in [6, 6.07) is 0. The summed E-state index contributed by atoms with van der Waals surface area (Å²) in [4.78, 5) is 13.7. The molecule has 0 aromatic carbocycles. The van der Waals surface area contributed by atoms with Crippen LogP contribution < -0.4 is 5.32 Å². The molecule has 0 spiro atoms. The molecule has 0 aliphatic carbocycles. The molecular formula is C11H24N2O. The maximum absolute atomic E-state index is 11.9. The lowest BCUT2D eigenvalue weighted by molar-refractivity contribution is -0.135. The van der Waals surface area contributed by atoms with Crippen LogP contribution in [0.3, 0.4) is 0 Å². The number of unbranched alkanes of at least 4 members (excludes halogenated alkanes) is 1. The van der Waals surface area contributed by atoms with Gasteiger partial charge in [-0.1, -0.05) is 20.3 Å². The Morgan fingerprint density at radius 2 is 1.93 bits per heavy atom. The van der Waals surface area contributed by atoms with Gasteiger partial charge in [0, 0.05) is 13.6 Å². The summed E-state index contributed by atoms with van der Waals surface area (Å²) in [5.41, 5.74) is -0.433. The van der Waals surface area contributed by atoms with Gasteiger partial charge in [0.25, 0.3) is 0 Å². The van der Waals surface area contributed by atoms with E-state index in [1.807, 2.05) is 32.7 Å². The fourth-order valence-electron chi connectivity index (χ4n) is 1.49. The normalized spacial score (nSPS) is 11.5. The predicted molar refractivity (Wildman–Crippen MR) is 60.3 cm³/mol. The molecule has 0 aromatic heterocycles. The Balaban J connectivity index is 4.15. The highest BCUT2D eigenvalue weighted by molar-refractivity contribution is 5.85. The van der Waals surface area contributed by atoms with Crippen LogP contribution in [0.2, 0.25) is 0 Å². The standard InChI is InChI=1S/C11H24N2O/c1-6-8-9-13(5)10(14)11(3,4)12-7-2/h12H,6-9H2,1-5H3. The zero-order chi connectivity index (χ0) is 11.2. The first-order valence-corrected chi connectivity index (χ1v) is 5.46. The quantitative estimate of drug-likeness (QED) is 0.707. The first-order chi connectivity index (χ1) is 6.45. The van der Waals surface area contributed by atoms with E-state index in [1.54, 1.807) is 0 Å². The Kier molecular flexibility index (Phi) is 5.77. The fourth-order valence-corrected chi connectivity index (χ4v) is 1.49. The van der Waals surface area contributed by atoms with Gasteiger partial charge < -0.3 is 10.2 Å². The van der Waals surface area contributed by atoms with Gasteiger partial charge in [-0.25, -0.2) is 0 Å². The summed E-state index contributed by atoms with van der Waals surface area (Å²) in [5.74, 6) is 0.174. The van der Waals surface area contributed by atoms with Crippen molar-refractivity contribution in [2.45, 2.75) is 46.1 Å². The molecule has 0 aromatic rings. The van der Waals surface area contributed by atoms with Crippen LogP contribution in [0.25, 0.3) is 0 Å². The molecule has 0 saturated carbocycles. The number of amides is 1. The Labute approximate surface area is 87.9 Å². The van der Waals surface area contributed by atoms with Crippen LogP contribution >= 0.6 is 0 Å². The van der Waals surface area contributed by atoms with Crippen molar-refractivity contribution in [3.63, 3.8) is 0 Å². The molecular weight excluding hydrogens is 176 g/mol. The number of carbonyl (C=O) groups excluding carboxylic acids is 1. The van der Waals surface area contributed by atoms with Crippen LogP contribution in [-0.2, 0) is 4.79 Å². The van der Waals surface area contributed by atoms with Crippen molar-refractivity contribution in [3.8, 4) is 0 Å². The van der Waals surface area contributed by atoms with E-state index in [1.165, 1.54) is 0 Å². The zero-order valence-electron chi connectivity index (χ0n) is 10.2. The third kappa shape index (κ3) is 4.09. The molecule has 14 heavy (non-hydrogen) atoms. The van der Waals surface area contributed by atoms with Crippen molar-refractivity contribution in [2.75, 3.05) is 20.1 Å². The van der Waals surface area contributed by atoms with Crippen LogP contribution in [0.5, 0.6) is 0 Å². The van der Waals surface area contributed by atoms with Gasteiger partial charge >= 0.3 is 0 Å². The summed E-state index contributed by atoms with van der Waals surface area (Å²) >= 11 is 0. The molecule has 0 atom stereocenters. The highest BCUT2D eigenvalue weighted by Crippen LogP contribution is 2.07. The molecule has 3 nitrogen and oxygen atoms in total. The number of carbonyl (C=O) groups is 1. The first-order valence-electron chi connectivity index (χ1n) is 5.46. The Morgan fingerprint density at radius 3 is 2.36 bits per heavy atom. The molecule has 0 radical (unpaired) electrons. The van der Waals surface area contributed by atoms with Crippen LogP contribution in [0, 0.1) is 0 Å². The molecule has 0 rings (SSSR count). The van der Waals surface area contributed by atoms with E-state index in [4.69, 9.17) is 0 Å². The van der Waals surface area contributed by atoms with Crippen LogP contribution in [0.15, 0.2) is 0 Å². The molecule has 3 heteroatoms. The van der Waals surface area contributed by atoms with Crippen LogP contribution in [0.1, 0.15) is 40.5 Å². The maximum Gasteiger partial charge on any atom is 0.242 e. The summed E-state index contributed by atoms with van der Waals surface area (Å²) in [7, 11) is 1.87. The summed E-state index contributed by atoms with van der Waals surface area (Å²) in [6.45, 7) is 9.68. The van der Waals surface area contributed by atoms with Gasteiger partial charge in [0.05, 0.1) is 5.54 Å². The van der Waals surface area contributed by atoms with Gasteiger partial charge in [-0.15, -0.1) is 0 Å². The molecule has 0 fully saturated rings. The van der Waals surface area contributed by atoms with E-state index in [2.05, 4.69) is 12.2 Å². The zero-order valence-corrected chi connectivity index (χ0v) is 10.2. The average Bonchev–Trinajstić information content (AvgIpc) is 2.12. The molecule has 0 aliphatic rings. The number of hydrogen-bond donors (Lipinski definition) is 1. The topological polar surface area (TPSA) is 32.3 Å². The second-order valence-corrected chi connectivity index (χ2v) is 4.24. The molecule has 0 unspecified atom stereocenters. The molecule has 1 N–H and O–H groups in total. The third-order valence-corrected chi connectivity index (χ3v) is 2.35. The highest BCUT2D eigenvalue weighted by Gasteiger charge is 2.28. The number of nitrogens with zero attached hydrogens (tertiary/aromatic N) is 1.